The standard InChI is InChI=1S/C23H27ClN2O3S/c1-16(18-9-8-17-6-2-3-7-19(17)14-18)25-23(27)21-15-20(10-11-22(21)24)30(28,29)26-12-4-5-13-26/h8-11,14-16H,2-7,12-13H2,1H3,(H,25,27). The van der Waals surface area contributed by atoms with Crippen LogP contribution in [-0.2, 0) is 22.9 Å². The first-order chi connectivity index (χ1) is 14.4. The van der Waals surface area contributed by atoms with Crippen LogP contribution in [0.1, 0.15) is 65.7 Å². The van der Waals surface area contributed by atoms with Crippen molar-refractivity contribution in [2.45, 2.75) is 56.4 Å². The van der Waals surface area contributed by atoms with Gasteiger partial charge in [0.25, 0.3) is 5.91 Å². The van der Waals surface area contributed by atoms with Gasteiger partial charge in [-0.25, -0.2) is 8.42 Å². The number of hydrogen-bond acceptors (Lipinski definition) is 3. The summed E-state index contributed by atoms with van der Waals surface area (Å²) in [4.78, 5) is 13.0. The van der Waals surface area contributed by atoms with Crippen LogP contribution in [0.15, 0.2) is 41.3 Å². The third-order valence-electron chi connectivity index (χ3n) is 6.11. The minimum Gasteiger partial charge on any atom is -0.345 e. The van der Waals surface area contributed by atoms with E-state index < -0.39 is 10.0 Å². The second-order valence-electron chi connectivity index (χ2n) is 8.18. The molecule has 2 aromatic rings. The van der Waals surface area contributed by atoms with Crippen LogP contribution in [0.4, 0.5) is 0 Å². The number of carbonyl (C=O) groups excluding carboxylic acids is 1. The Bertz CT molecular complexity index is 1060. The molecule has 5 nitrogen and oxygen atoms in total. The van der Waals surface area contributed by atoms with Gasteiger partial charge in [0.1, 0.15) is 0 Å². The monoisotopic (exact) mass is 446 g/mol. The maximum absolute atomic E-state index is 12.9. The molecule has 1 aliphatic carbocycles. The highest BCUT2D eigenvalue weighted by Crippen LogP contribution is 2.27. The Hall–Kier alpha value is -1.89. The van der Waals surface area contributed by atoms with E-state index in [4.69, 9.17) is 11.6 Å². The summed E-state index contributed by atoms with van der Waals surface area (Å²) in [5.74, 6) is -0.372. The number of amides is 1. The van der Waals surface area contributed by atoms with Gasteiger partial charge >= 0.3 is 0 Å². The molecule has 0 aromatic heterocycles. The fourth-order valence-electron chi connectivity index (χ4n) is 4.30. The van der Waals surface area contributed by atoms with Crippen LogP contribution in [-0.4, -0.2) is 31.7 Å². The van der Waals surface area contributed by atoms with E-state index >= 15 is 0 Å². The van der Waals surface area contributed by atoms with E-state index in [0.717, 1.165) is 31.2 Å². The summed E-state index contributed by atoms with van der Waals surface area (Å²) in [7, 11) is -3.61. The third kappa shape index (κ3) is 4.27. The predicted molar refractivity (Wildman–Crippen MR) is 118 cm³/mol. The quantitative estimate of drug-likeness (QED) is 0.735. The molecule has 1 unspecified atom stereocenters. The van der Waals surface area contributed by atoms with Crippen molar-refractivity contribution in [3.63, 3.8) is 0 Å². The first-order valence-electron chi connectivity index (χ1n) is 10.6. The lowest BCUT2D eigenvalue weighted by atomic mass is 9.89. The summed E-state index contributed by atoms with van der Waals surface area (Å²) in [5, 5.41) is 3.22. The van der Waals surface area contributed by atoms with Crippen molar-refractivity contribution in [2.24, 2.45) is 0 Å². The third-order valence-corrected chi connectivity index (χ3v) is 8.33. The van der Waals surface area contributed by atoms with E-state index in [9.17, 15) is 13.2 Å². The van der Waals surface area contributed by atoms with E-state index in [-0.39, 0.29) is 27.4 Å². The highest BCUT2D eigenvalue weighted by molar-refractivity contribution is 7.89. The highest BCUT2D eigenvalue weighted by Gasteiger charge is 2.28. The fraction of sp³-hybridized carbons (Fsp3) is 0.435. The molecule has 1 heterocycles. The molecule has 4 rings (SSSR count). The molecule has 2 aromatic carbocycles. The van der Waals surface area contributed by atoms with Crippen LogP contribution >= 0.6 is 11.6 Å². The molecular weight excluding hydrogens is 420 g/mol. The van der Waals surface area contributed by atoms with Gasteiger partial charge in [0.2, 0.25) is 10.0 Å². The second kappa shape index (κ2) is 8.69. The van der Waals surface area contributed by atoms with E-state index in [1.54, 1.807) is 0 Å². The van der Waals surface area contributed by atoms with Crippen molar-refractivity contribution in [3.05, 3.63) is 63.7 Å². The average Bonchev–Trinajstić information content (AvgIpc) is 3.29. The van der Waals surface area contributed by atoms with Crippen molar-refractivity contribution < 1.29 is 13.2 Å². The van der Waals surface area contributed by atoms with E-state index in [1.807, 2.05) is 6.92 Å². The lowest BCUT2D eigenvalue weighted by Gasteiger charge is -2.20. The number of carbonyl (C=O) groups is 1. The highest BCUT2D eigenvalue weighted by atomic mass is 35.5. The maximum atomic E-state index is 12.9. The van der Waals surface area contributed by atoms with Gasteiger partial charge in [-0.2, -0.15) is 4.31 Å². The molecule has 1 amide bonds. The molecule has 1 atom stereocenters. The second-order valence-corrected chi connectivity index (χ2v) is 10.5. The van der Waals surface area contributed by atoms with E-state index in [0.29, 0.717) is 13.1 Å². The number of nitrogens with one attached hydrogen (secondary N) is 1. The zero-order valence-corrected chi connectivity index (χ0v) is 18.7. The number of halogens is 1. The summed E-state index contributed by atoms with van der Waals surface area (Å²) in [6, 6.07) is 10.5. The predicted octanol–water partition coefficient (Wildman–Crippen LogP) is 4.49. The number of sulfonamides is 1. The number of aryl methyl sites for hydroxylation is 2. The number of benzene rings is 2. The molecule has 1 saturated heterocycles. The van der Waals surface area contributed by atoms with Crippen LogP contribution in [0, 0.1) is 0 Å². The summed E-state index contributed by atoms with van der Waals surface area (Å²) in [5.41, 5.74) is 3.98. The Morgan fingerprint density at radius 3 is 2.43 bits per heavy atom. The Kier molecular flexibility index (Phi) is 6.19. The minimum atomic E-state index is -3.61. The maximum Gasteiger partial charge on any atom is 0.253 e. The SMILES string of the molecule is CC(NC(=O)c1cc(S(=O)(=O)N2CCCC2)ccc1Cl)c1ccc2c(c1)CCCC2. The van der Waals surface area contributed by atoms with Gasteiger partial charge in [0.05, 0.1) is 21.5 Å². The lowest BCUT2D eigenvalue weighted by molar-refractivity contribution is 0.0940. The van der Waals surface area contributed by atoms with Crippen molar-refractivity contribution in [1.29, 1.82) is 0 Å². The molecule has 0 radical (unpaired) electrons. The zero-order valence-electron chi connectivity index (χ0n) is 17.2. The Labute approximate surface area is 183 Å². The molecule has 2 aliphatic rings. The molecule has 0 spiro atoms. The van der Waals surface area contributed by atoms with Crippen LogP contribution in [0.2, 0.25) is 5.02 Å². The number of nitrogens with zero attached hydrogens (tertiary/aromatic N) is 1. The molecule has 0 saturated carbocycles. The first-order valence-corrected chi connectivity index (χ1v) is 12.4. The van der Waals surface area contributed by atoms with Crippen LogP contribution < -0.4 is 5.32 Å². The minimum absolute atomic E-state index is 0.111. The van der Waals surface area contributed by atoms with Crippen LogP contribution in [0.5, 0.6) is 0 Å². The summed E-state index contributed by atoms with van der Waals surface area (Å²) < 4.78 is 27.2. The summed E-state index contributed by atoms with van der Waals surface area (Å²) in [6.45, 7) is 2.96. The van der Waals surface area contributed by atoms with E-state index in [1.165, 1.54) is 46.5 Å². The van der Waals surface area contributed by atoms with Crippen LogP contribution in [0.25, 0.3) is 0 Å². The topological polar surface area (TPSA) is 66.5 Å². The summed E-state index contributed by atoms with van der Waals surface area (Å²) >= 11 is 6.26. The number of rotatable bonds is 5. The molecule has 160 valence electrons. The fourth-order valence-corrected chi connectivity index (χ4v) is 6.04. The molecule has 1 aliphatic heterocycles. The Balaban J connectivity index is 1.54. The zero-order chi connectivity index (χ0) is 21.3. The molecule has 1 N–H and O–H groups in total. The van der Waals surface area contributed by atoms with Gasteiger partial charge in [-0.1, -0.05) is 29.8 Å². The molecule has 1 fully saturated rings. The largest absolute Gasteiger partial charge is 0.345 e. The van der Waals surface area contributed by atoms with Gasteiger partial charge in [0.15, 0.2) is 0 Å². The smallest absolute Gasteiger partial charge is 0.253 e. The Morgan fingerprint density at radius 2 is 1.70 bits per heavy atom. The van der Waals surface area contributed by atoms with Crippen molar-refractivity contribution in [1.82, 2.24) is 9.62 Å². The van der Waals surface area contributed by atoms with Crippen molar-refractivity contribution in [2.75, 3.05) is 13.1 Å². The van der Waals surface area contributed by atoms with Crippen molar-refractivity contribution >= 4 is 27.5 Å². The first kappa shape index (κ1) is 21.3. The number of hydrogen-bond donors (Lipinski definition) is 1. The average molecular weight is 447 g/mol. The normalized spacial score (nSPS) is 18.1. The summed E-state index contributed by atoms with van der Waals surface area (Å²) in [6.07, 6.45) is 6.34. The van der Waals surface area contributed by atoms with Gasteiger partial charge < -0.3 is 5.32 Å². The van der Waals surface area contributed by atoms with E-state index in [2.05, 4.69) is 23.5 Å². The molecule has 7 heteroatoms. The van der Waals surface area contributed by atoms with Gasteiger partial charge in [-0.3, -0.25) is 4.79 Å². The van der Waals surface area contributed by atoms with Crippen LogP contribution in [0.3, 0.4) is 0 Å². The molecule has 30 heavy (non-hydrogen) atoms. The molecular formula is C23H27ClN2O3S. The van der Waals surface area contributed by atoms with Gasteiger partial charge in [0, 0.05) is 13.1 Å². The van der Waals surface area contributed by atoms with Crippen molar-refractivity contribution in [3.8, 4) is 0 Å². The number of fused-ring (bicyclic) bond motifs is 1. The molecule has 0 bridgehead atoms. The van der Waals surface area contributed by atoms with Gasteiger partial charge in [-0.15, -0.1) is 0 Å². The lowest BCUT2D eigenvalue weighted by Crippen LogP contribution is -2.29. The van der Waals surface area contributed by atoms with Gasteiger partial charge in [-0.05, 0) is 80.3 Å². The Morgan fingerprint density at radius 1 is 1.00 bits per heavy atom.